The number of halogens is 4. The van der Waals surface area contributed by atoms with Gasteiger partial charge in [0.15, 0.2) is 0 Å². The summed E-state index contributed by atoms with van der Waals surface area (Å²) in [7, 11) is 0. The maximum absolute atomic E-state index is 14.9. The lowest BCUT2D eigenvalue weighted by molar-refractivity contribution is 0.581. The molecule has 0 saturated heterocycles. The largest absolute Gasteiger partial charge is 0.324 e. The molecule has 0 spiro atoms. The molecule has 4 rings (SSSR count). The number of anilines is 1. The molecule has 0 bridgehead atoms. The Morgan fingerprint density at radius 1 is 1.13 bits per heavy atom. The summed E-state index contributed by atoms with van der Waals surface area (Å²) in [6.45, 7) is 2.09. The van der Waals surface area contributed by atoms with Gasteiger partial charge in [-0.05, 0) is 48.6 Å². The summed E-state index contributed by atoms with van der Waals surface area (Å²) >= 11 is 13.9. The number of hydrogen-bond donors (Lipinski definition) is 2. The zero-order chi connectivity index (χ0) is 21.3. The van der Waals surface area contributed by atoms with Gasteiger partial charge in [0.2, 0.25) is 5.96 Å². The van der Waals surface area contributed by atoms with Gasteiger partial charge in [-0.2, -0.15) is 0 Å². The lowest BCUT2D eigenvalue weighted by atomic mass is 9.91. The Balaban J connectivity index is 1.66. The molecular formula is C22H19Cl2F2N3S. The minimum Gasteiger partial charge on any atom is -0.324 e. The molecule has 1 aliphatic heterocycles. The predicted octanol–water partition coefficient (Wildman–Crippen LogP) is 6.90. The first-order valence-electron chi connectivity index (χ1n) is 9.50. The third kappa shape index (κ3) is 4.22. The Labute approximate surface area is 188 Å². The molecule has 2 N–H and O–H groups in total. The number of nitrogens with one attached hydrogen (secondary N) is 2. The van der Waals surface area contributed by atoms with Crippen molar-refractivity contribution in [2.75, 3.05) is 11.9 Å². The number of fused-ring (bicyclic) bond motifs is 1. The Morgan fingerprint density at radius 2 is 1.93 bits per heavy atom. The van der Waals surface area contributed by atoms with Gasteiger partial charge in [-0.25, -0.2) is 13.8 Å². The maximum atomic E-state index is 14.9. The summed E-state index contributed by atoms with van der Waals surface area (Å²) in [5, 5.41) is 4.49. The van der Waals surface area contributed by atoms with Gasteiger partial charge >= 0.3 is 0 Å². The molecule has 8 heteroatoms. The van der Waals surface area contributed by atoms with Crippen molar-refractivity contribution in [3.63, 3.8) is 0 Å². The van der Waals surface area contributed by atoms with Crippen LogP contribution >= 0.6 is 35.1 Å². The molecule has 2 aromatic rings. The minimum absolute atomic E-state index is 0.299. The Morgan fingerprint density at radius 3 is 2.70 bits per heavy atom. The smallest absolute Gasteiger partial charge is 0.206 e. The highest BCUT2D eigenvalue weighted by molar-refractivity contribution is 7.98. The van der Waals surface area contributed by atoms with Gasteiger partial charge in [-0.3, -0.25) is 4.72 Å². The lowest BCUT2D eigenvalue weighted by Gasteiger charge is -2.26. The second kappa shape index (κ2) is 9.00. The Kier molecular flexibility index (Phi) is 6.37. The molecule has 0 aromatic heterocycles. The van der Waals surface area contributed by atoms with Gasteiger partial charge in [0.1, 0.15) is 11.6 Å². The Hall–Kier alpha value is -2.02. The van der Waals surface area contributed by atoms with Crippen molar-refractivity contribution in [1.82, 2.24) is 4.72 Å². The maximum Gasteiger partial charge on any atom is 0.206 e. The van der Waals surface area contributed by atoms with Crippen LogP contribution in [-0.2, 0) is 0 Å². The quantitative estimate of drug-likeness (QED) is 0.481. The highest BCUT2D eigenvalue weighted by Crippen LogP contribution is 2.40. The van der Waals surface area contributed by atoms with Crippen molar-refractivity contribution >= 4 is 46.8 Å². The lowest BCUT2D eigenvalue weighted by Crippen LogP contribution is -2.31. The van der Waals surface area contributed by atoms with Crippen molar-refractivity contribution in [2.24, 2.45) is 4.99 Å². The van der Waals surface area contributed by atoms with Crippen LogP contribution in [0.4, 0.5) is 14.5 Å². The van der Waals surface area contributed by atoms with E-state index in [2.05, 4.69) is 15.0 Å². The SMILES string of the molecule is CC(c1ccccc1F)c1c(F)ccc2c1NC(=NCC1=C(Cl)CCC=C1Cl)NS2. The zero-order valence-electron chi connectivity index (χ0n) is 16.1. The highest BCUT2D eigenvalue weighted by atomic mass is 35.5. The molecule has 30 heavy (non-hydrogen) atoms. The fourth-order valence-electron chi connectivity index (χ4n) is 3.56. The molecule has 0 saturated carbocycles. The van der Waals surface area contributed by atoms with Crippen molar-refractivity contribution in [2.45, 2.75) is 30.6 Å². The summed E-state index contributed by atoms with van der Waals surface area (Å²) in [6.07, 6.45) is 3.48. The van der Waals surface area contributed by atoms with Gasteiger partial charge in [-0.15, -0.1) is 0 Å². The molecule has 1 atom stereocenters. The average molecular weight is 466 g/mol. The number of hydrogen-bond acceptors (Lipinski definition) is 2. The van der Waals surface area contributed by atoms with Crippen LogP contribution in [0.3, 0.4) is 0 Å². The van der Waals surface area contributed by atoms with Crippen molar-refractivity contribution in [3.05, 3.63) is 80.9 Å². The number of benzene rings is 2. The molecule has 0 fully saturated rings. The first-order chi connectivity index (χ1) is 14.5. The molecule has 1 unspecified atom stereocenters. The standard InChI is InChI=1S/C22H19Cl2F2N3S/c1-12(13-5-2-3-8-17(13)25)20-18(26)9-10-19-21(20)28-22(29-30-19)27-11-14-15(23)6-4-7-16(14)24/h2-3,5-6,8-10,12H,4,7,11H2,1H3,(H2,27,28,29). The van der Waals surface area contributed by atoms with E-state index >= 15 is 0 Å². The highest BCUT2D eigenvalue weighted by Gasteiger charge is 2.26. The van der Waals surface area contributed by atoms with E-state index in [1.54, 1.807) is 31.2 Å². The van der Waals surface area contributed by atoms with E-state index < -0.39 is 11.7 Å². The monoisotopic (exact) mass is 465 g/mol. The topological polar surface area (TPSA) is 36.4 Å². The first-order valence-corrected chi connectivity index (χ1v) is 11.1. The third-order valence-electron chi connectivity index (χ3n) is 5.16. The van der Waals surface area contributed by atoms with Crippen LogP contribution in [0.2, 0.25) is 0 Å². The van der Waals surface area contributed by atoms with Gasteiger partial charge in [-0.1, -0.05) is 54.4 Å². The van der Waals surface area contributed by atoms with Crippen molar-refractivity contribution < 1.29 is 8.78 Å². The second-order valence-electron chi connectivity index (χ2n) is 7.05. The summed E-state index contributed by atoms with van der Waals surface area (Å²) in [6, 6.07) is 9.52. The number of rotatable bonds is 4. The predicted molar refractivity (Wildman–Crippen MR) is 121 cm³/mol. The summed E-state index contributed by atoms with van der Waals surface area (Å²) in [5.74, 6) is -0.783. The number of aliphatic imine (C=N–C) groups is 1. The van der Waals surface area contributed by atoms with Crippen LogP contribution in [0.1, 0.15) is 36.8 Å². The van der Waals surface area contributed by atoms with Gasteiger partial charge in [0.25, 0.3) is 0 Å². The molecule has 1 aliphatic carbocycles. The van der Waals surface area contributed by atoms with Crippen LogP contribution in [-0.4, -0.2) is 12.5 Å². The van der Waals surface area contributed by atoms with Crippen molar-refractivity contribution in [1.29, 1.82) is 0 Å². The number of guanidine groups is 1. The fraction of sp³-hybridized carbons (Fsp3) is 0.227. The van der Waals surface area contributed by atoms with E-state index in [0.717, 1.165) is 23.3 Å². The second-order valence-corrected chi connectivity index (χ2v) is 8.76. The molecule has 2 aromatic carbocycles. The van der Waals surface area contributed by atoms with Crippen LogP contribution in [0.15, 0.2) is 68.0 Å². The van der Waals surface area contributed by atoms with Crippen LogP contribution < -0.4 is 10.0 Å². The number of allylic oxidation sites excluding steroid dienone is 2. The normalized spacial score (nSPS) is 18.4. The molecule has 1 heterocycles. The van der Waals surface area contributed by atoms with E-state index in [1.807, 2.05) is 6.08 Å². The third-order valence-corrected chi connectivity index (χ3v) is 6.81. The van der Waals surface area contributed by atoms with E-state index in [-0.39, 0.29) is 5.82 Å². The van der Waals surface area contributed by atoms with Crippen LogP contribution in [0.5, 0.6) is 0 Å². The first kappa shape index (κ1) is 21.2. The Bertz CT molecular complexity index is 1080. The van der Waals surface area contributed by atoms with Gasteiger partial charge in [0, 0.05) is 27.1 Å². The van der Waals surface area contributed by atoms with E-state index in [9.17, 15) is 8.78 Å². The molecule has 2 aliphatic rings. The van der Waals surface area contributed by atoms with Crippen LogP contribution in [0.25, 0.3) is 0 Å². The molecular weight excluding hydrogens is 447 g/mol. The van der Waals surface area contributed by atoms with Crippen LogP contribution in [0, 0.1) is 11.6 Å². The van der Waals surface area contributed by atoms with Crippen molar-refractivity contribution in [3.8, 4) is 0 Å². The molecule has 3 nitrogen and oxygen atoms in total. The van der Waals surface area contributed by atoms with Gasteiger partial charge in [0.05, 0.1) is 17.1 Å². The van der Waals surface area contributed by atoms with E-state index in [4.69, 9.17) is 23.2 Å². The summed E-state index contributed by atoms with van der Waals surface area (Å²) in [4.78, 5) is 5.34. The van der Waals surface area contributed by atoms with E-state index in [0.29, 0.717) is 39.4 Å². The molecule has 0 amide bonds. The molecule has 156 valence electrons. The molecule has 0 radical (unpaired) electrons. The minimum atomic E-state index is -0.485. The van der Waals surface area contributed by atoms with E-state index in [1.165, 1.54) is 24.1 Å². The van der Waals surface area contributed by atoms with Gasteiger partial charge < -0.3 is 5.32 Å². The fourth-order valence-corrected chi connectivity index (χ4v) is 4.88. The number of nitrogens with zero attached hydrogens (tertiary/aromatic N) is 1. The summed E-state index contributed by atoms with van der Waals surface area (Å²) < 4.78 is 32.3. The zero-order valence-corrected chi connectivity index (χ0v) is 18.4. The summed E-state index contributed by atoms with van der Waals surface area (Å²) in [5.41, 5.74) is 2.20. The average Bonchev–Trinajstić information content (AvgIpc) is 2.73.